The number of rotatable bonds is 9. The molecule has 3 rings (SSSR count). The Hall–Kier alpha value is -4.60. The minimum absolute atomic E-state index is 0.0885. The largest absolute Gasteiger partial charge is 0.508 e. The number of phenolic OH excluding ortho intramolecular Hbond substituents is 1. The fourth-order valence-electron chi connectivity index (χ4n) is 4.60. The smallest absolute Gasteiger partial charge is 0.408 e. The molecule has 42 heavy (non-hydrogen) atoms. The molecule has 0 bridgehead atoms. The number of benzene rings is 3. The standard InChI is InChI=1S/C32H40N4O6/c1-31(2,3)36(29(40)25(16-17-26(33)38)35-30(41)42-32(4,5)6)27(22-12-9-13-24(37)19-22)28(39)34-23-15-14-20-10-7-8-11-21(20)18-23/h7-15,18-19,25,27,37H,16-17H2,1-6H3,(H2,33,38)(H,34,39)(H,35,41). The van der Waals surface area contributed by atoms with Crippen LogP contribution in [0.5, 0.6) is 5.75 Å². The van der Waals surface area contributed by atoms with Gasteiger partial charge in [-0.15, -0.1) is 0 Å². The first-order valence-corrected chi connectivity index (χ1v) is 13.7. The maximum Gasteiger partial charge on any atom is 0.408 e. The normalized spacial score (nSPS) is 13.1. The lowest BCUT2D eigenvalue weighted by molar-refractivity contribution is -0.147. The summed E-state index contributed by atoms with van der Waals surface area (Å²) in [7, 11) is 0. The van der Waals surface area contributed by atoms with Gasteiger partial charge in [0.05, 0.1) is 0 Å². The van der Waals surface area contributed by atoms with E-state index in [-0.39, 0.29) is 18.6 Å². The summed E-state index contributed by atoms with van der Waals surface area (Å²) in [6, 6.07) is 16.8. The van der Waals surface area contributed by atoms with Crippen LogP contribution in [0.15, 0.2) is 66.7 Å². The second-order valence-electron chi connectivity index (χ2n) is 12.1. The van der Waals surface area contributed by atoms with Crippen LogP contribution in [0.25, 0.3) is 10.8 Å². The Bertz CT molecular complexity index is 1460. The van der Waals surface area contributed by atoms with Crippen molar-refractivity contribution in [3.8, 4) is 5.75 Å². The van der Waals surface area contributed by atoms with Gasteiger partial charge in [0.2, 0.25) is 11.8 Å². The molecule has 4 amide bonds. The second kappa shape index (κ2) is 12.9. The third-order valence-corrected chi connectivity index (χ3v) is 6.34. The van der Waals surface area contributed by atoms with E-state index < -0.39 is 47.0 Å². The number of anilines is 1. The molecule has 10 nitrogen and oxygen atoms in total. The molecule has 2 atom stereocenters. The number of carbonyl (C=O) groups excluding carboxylic acids is 4. The molecular formula is C32H40N4O6. The maximum atomic E-state index is 14.3. The second-order valence-corrected chi connectivity index (χ2v) is 12.1. The lowest BCUT2D eigenvalue weighted by atomic mass is 9.94. The Kier molecular flexibility index (Phi) is 9.83. The van der Waals surface area contributed by atoms with Crippen LogP contribution in [0.3, 0.4) is 0 Å². The molecule has 3 aromatic rings. The number of fused-ring (bicyclic) bond motifs is 1. The third-order valence-electron chi connectivity index (χ3n) is 6.34. The lowest BCUT2D eigenvalue weighted by Gasteiger charge is -2.43. The fourth-order valence-corrected chi connectivity index (χ4v) is 4.60. The molecule has 3 aromatic carbocycles. The Labute approximate surface area is 246 Å². The number of alkyl carbamates (subject to hydrolysis) is 1. The number of hydrogen-bond acceptors (Lipinski definition) is 6. The summed E-state index contributed by atoms with van der Waals surface area (Å²) in [5, 5.41) is 17.7. The first-order valence-electron chi connectivity index (χ1n) is 13.7. The number of amides is 4. The SMILES string of the molecule is CC(C)(C)OC(=O)NC(CCC(N)=O)C(=O)N(C(C(=O)Nc1ccc2ccccc2c1)c1cccc(O)c1)C(C)(C)C. The number of phenols is 1. The van der Waals surface area contributed by atoms with Crippen LogP contribution in [-0.2, 0) is 19.1 Å². The van der Waals surface area contributed by atoms with Crippen molar-refractivity contribution in [2.24, 2.45) is 5.73 Å². The van der Waals surface area contributed by atoms with Gasteiger partial charge in [-0.1, -0.05) is 42.5 Å². The van der Waals surface area contributed by atoms with E-state index in [1.54, 1.807) is 59.7 Å². The van der Waals surface area contributed by atoms with Gasteiger partial charge in [-0.05, 0) is 88.6 Å². The summed E-state index contributed by atoms with van der Waals surface area (Å²) in [4.78, 5) is 54.1. The van der Waals surface area contributed by atoms with Crippen LogP contribution in [0.1, 0.15) is 66.0 Å². The first kappa shape index (κ1) is 31.9. The van der Waals surface area contributed by atoms with Crippen LogP contribution in [0.2, 0.25) is 0 Å². The van der Waals surface area contributed by atoms with E-state index in [0.717, 1.165) is 10.8 Å². The van der Waals surface area contributed by atoms with E-state index in [0.29, 0.717) is 11.3 Å². The van der Waals surface area contributed by atoms with Gasteiger partial charge in [0, 0.05) is 17.6 Å². The van der Waals surface area contributed by atoms with E-state index >= 15 is 0 Å². The molecule has 0 radical (unpaired) electrons. The van der Waals surface area contributed by atoms with Gasteiger partial charge in [-0.2, -0.15) is 0 Å². The predicted octanol–water partition coefficient (Wildman–Crippen LogP) is 5.01. The third kappa shape index (κ3) is 8.70. The van der Waals surface area contributed by atoms with Gasteiger partial charge in [0.15, 0.2) is 0 Å². The zero-order valence-electron chi connectivity index (χ0n) is 24.9. The molecule has 5 N–H and O–H groups in total. The molecule has 2 unspecified atom stereocenters. The highest BCUT2D eigenvalue weighted by molar-refractivity contribution is 6.00. The van der Waals surface area contributed by atoms with Gasteiger partial charge >= 0.3 is 6.09 Å². The van der Waals surface area contributed by atoms with E-state index in [1.165, 1.54) is 17.0 Å². The van der Waals surface area contributed by atoms with E-state index in [9.17, 15) is 24.3 Å². The molecule has 0 aliphatic rings. The molecule has 0 aliphatic carbocycles. The Balaban J connectivity index is 2.07. The molecule has 0 aliphatic heterocycles. The number of hydrogen-bond donors (Lipinski definition) is 4. The van der Waals surface area contributed by atoms with Crippen molar-refractivity contribution in [2.75, 3.05) is 5.32 Å². The number of aromatic hydroxyl groups is 1. The van der Waals surface area contributed by atoms with Crippen molar-refractivity contribution >= 4 is 40.3 Å². The summed E-state index contributed by atoms with van der Waals surface area (Å²) in [5.41, 5.74) is 4.44. The molecule has 0 fully saturated rings. The highest BCUT2D eigenvalue weighted by Gasteiger charge is 2.42. The predicted molar refractivity (Wildman–Crippen MR) is 162 cm³/mol. The lowest BCUT2D eigenvalue weighted by Crippen LogP contribution is -2.58. The van der Waals surface area contributed by atoms with Gasteiger partial charge in [0.1, 0.15) is 23.4 Å². The van der Waals surface area contributed by atoms with E-state index in [4.69, 9.17) is 10.5 Å². The molecule has 0 heterocycles. The molecule has 10 heteroatoms. The number of carbonyl (C=O) groups is 4. The Morgan fingerprint density at radius 2 is 1.57 bits per heavy atom. The minimum atomic E-state index is -1.24. The van der Waals surface area contributed by atoms with Gasteiger partial charge in [-0.3, -0.25) is 14.4 Å². The van der Waals surface area contributed by atoms with E-state index in [1.807, 2.05) is 36.4 Å². The number of primary amides is 1. The maximum absolute atomic E-state index is 14.3. The summed E-state index contributed by atoms with van der Waals surface area (Å²) in [5.74, 6) is -1.91. The van der Waals surface area contributed by atoms with Crippen molar-refractivity contribution in [3.63, 3.8) is 0 Å². The monoisotopic (exact) mass is 576 g/mol. The number of ether oxygens (including phenoxy) is 1. The van der Waals surface area contributed by atoms with Gasteiger partial charge < -0.3 is 31.1 Å². The van der Waals surface area contributed by atoms with Crippen molar-refractivity contribution in [1.29, 1.82) is 0 Å². The molecular weight excluding hydrogens is 536 g/mol. The number of nitrogens with one attached hydrogen (secondary N) is 2. The van der Waals surface area contributed by atoms with Gasteiger partial charge in [0.25, 0.3) is 5.91 Å². The molecule has 0 saturated heterocycles. The summed E-state index contributed by atoms with van der Waals surface area (Å²) in [6.07, 6.45) is -1.16. The van der Waals surface area contributed by atoms with Crippen LogP contribution in [-0.4, -0.2) is 51.0 Å². The molecule has 224 valence electrons. The molecule has 0 aromatic heterocycles. The summed E-state index contributed by atoms with van der Waals surface area (Å²) < 4.78 is 5.36. The average molecular weight is 577 g/mol. The minimum Gasteiger partial charge on any atom is -0.508 e. The molecule has 0 saturated carbocycles. The Morgan fingerprint density at radius 3 is 2.17 bits per heavy atom. The fraction of sp³-hybridized carbons (Fsp3) is 0.375. The quantitative estimate of drug-likeness (QED) is 0.281. The zero-order chi connectivity index (χ0) is 31.2. The summed E-state index contributed by atoms with van der Waals surface area (Å²) in [6.45, 7) is 10.3. The van der Waals surface area contributed by atoms with Crippen molar-refractivity contribution in [3.05, 3.63) is 72.3 Å². The number of nitrogens with zero attached hydrogens (tertiary/aromatic N) is 1. The van der Waals surface area contributed by atoms with Gasteiger partial charge in [-0.25, -0.2) is 4.79 Å². The van der Waals surface area contributed by atoms with Crippen LogP contribution in [0.4, 0.5) is 10.5 Å². The van der Waals surface area contributed by atoms with Crippen LogP contribution in [0, 0.1) is 0 Å². The first-order chi connectivity index (χ1) is 19.5. The summed E-state index contributed by atoms with van der Waals surface area (Å²) >= 11 is 0. The number of nitrogens with two attached hydrogens (primary N) is 1. The van der Waals surface area contributed by atoms with Crippen molar-refractivity contribution in [1.82, 2.24) is 10.2 Å². The van der Waals surface area contributed by atoms with Crippen molar-refractivity contribution in [2.45, 2.75) is 77.6 Å². The van der Waals surface area contributed by atoms with Crippen LogP contribution >= 0.6 is 0 Å². The topological polar surface area (TPSA) is 151 Å². The molecule has 0 spiro atoms. The Morgan fingerprint density at radius 1 is 0.905 bits per heavy atom. The van der Waals surface area contributed by atoms with Crippen LogP contribution < -0.4 is 16.4 Å². The highest BCUT2D eigenvalue weighted by atomic mass is 16.6. The zero-order valence-corrected chi connectivity index (χ0v) is 24.9. The highest BCUT2D eigenvalue weighted by Crippen LogP contribution is 2.33. The average Bonchev–Trinajstić information content (AvgIpc) is 2.87. The van der Waals surface area contributed by atoms with E-state index in [2.05, 4.69) is 10.6 Å². The van der Waals surface area contributed by atoms with Crippen molar-refractivity contribution < 1.29 is 29.0 Å².